The van der Waals surface area contributed by atoms with Gasteiger partial charge in [0.15, 0.2) is 5.82 Å². The van der Waals surface area contributed by atoms with Gasteiger partial charge in [-0.25, -0.2) is 9.97 Å². The molecule has 0 aliphatic heterocycles. The molecule has 1 aliphatic carbocycles. The molecule has 1 unspecified atom stereocenters. The summed E-state index contributed by atoms with van der Waals surface area (Å²) in [4.78, 5) is 10.2. The van der Waals surface area contributed by atoms with E-state index in [4.69, 9.17) is 14.4 Å². The molecule has 0 spiro atoms. The molecule has 240 valence electrons. The van der Waals surface area contributed by atoms with E-state index in [2.05, 4.69) is 140 Å². The summed E-state index contributed by atoms with van der Waals surface area (Å²) < 4.78 is 6.13. The van der Waals surface area contributed by atoms with E-state index >= 15 is 0 Å². The molecule has 51 heavy (non-hydrogen) atoms. The summed E-state index contributed by atoms with van der Waals surface area (Å²) in [5.74, 6) is 0.696. The van der Waals surface area contributed by atoms with Crippen molar-refractivity contribution in [2.45, 2.75) is 12.3 Å². The fraction of sp³-hybridized carbons (Fsp3) is 0.0417. The molecule has 0 fully saturated rings. The highest BCUT2D eigenvalue weighted by Gasteiger charge is 2.41. The molecule has 0 bridgehead atoms. The smallest absolute Gasteiger partial charge is 0.160 e. The molecule has 1 aliphatic rings. The van der Waals surface area contributed by atoms with Crippen molar-refractivity contribution in [2.24, 2.45) is 0 Å². The number of benzene rings is 7. The summed E-state index contributed by atoms with van der Waals surface area (Å²) in [6, 6.07) is 62.2. The standard InChI is InChI=1S/C48H32N2O/c1-48(35-15-6-3-7-16-35)40-20-10-8-18-38(40)46-36(19-12-21-41(46)48)31-23-25-32(26-24-31)42-30-43(50-47(49-42)33-13-4-2-5-14-33)34-27-28-45-39(29-34)37-17-9-11-22-44(37)51-45/h2-30H,1H3. The Bertz CT molecular complexity index is 2750. The number of hydrogen-bond acceptors (Lipinski definition) is 3. The van der Waals surface area contributed by atoms with Gasteiger partial charge in [0.05, 0.1) is 11.4 Å². The van der Waals surface area contributed by atoms with E-state index in [0.717, 1.165) is 50.0 Å². The van der Waals surface area contributed by atoms with Gasteiger partial charge >= 0.3 is 0 Å². The van der Waals surface area contributed by atoms with Gasteiger partial charge in [-0.15, -0.1) is 0 Å². The predicted molar refractivity (Wildman–Crippen MR) is 208 cm³/mol. The van der Waals surface area contributed by atoms with E-state index in [9.17, 15) is 0 Å². The molecular weight excluding hydrogens is 621 g/mol. The summed E-state index contributed by atoms with van der Waals surface area (Å²) in [5, 5.41) is 2.18. The number of hydrogen-bond donors (Lipinski definition) is 0. The van der Waals surface area contributed by atoms with Gasteiger partial charge in [-0.3, -0.25) is 0 Å². The van der Waals surface area contributed by atoms with E-state index in [1.165, 1.54) is 38.9 Å². The van der Waals surface area contributed by atoms with E-state index in [-0.39, 0.29) is 5.41 Å². The Hall–Kier alpha value is -6.58. The van der Waals surface area contributed by atoms with Crippen LogP contribution in [0, 0.1) is 0 Å². The summed E-state index contributed by atoms with van der Waals surface area (Å²) >= 11 is 0. The lowest BCUT2D eigenvalue weighted by Crippen LogP contribution is -2.22. The molecule has 2 aromatic heterocycles. The minimum Gasteiger partial charge on any atom is -0.456 e. The third-order valence-corrected chi connectivity index (χ3v) is 10.6. The number of rotatable bonds is 5. The number of fused-ring (bicyclic) bond motifs is 6. The van der Waals surface area contributed by atoms with Crippen LogP contribution in [0.1, 0.15) is 23.6 Å². The summed E-state index contributed by atoms with van der Waals surface area (Å²) in [7, 11) is 0. The number of para-hydroxylation sites is 1. The maximum Gasteiger partial charge on any atom is 0.160 e. The Balaban J connectivity index is 1.09. The highest BCUT2D eigenvalue weighted by atomic mass is 16.3. The molecule has 0 N–H and O–H groups in total. The molecule has 0 saturated heterocycles. The second-order valence-electron chi connectivity index (χ2n) is 13.5. The first-order valence-corrected chi connectivity index (χ1v) is 17.4. The first-order chi connectivity index (χ1) is 25.1. The SMILES string of the molecule is CC1(c2ccccc2)c2ccccc2-c2c(-c3ccc(-c4cc(-c5ccc6oc7ccccc7c6c5)nc(-c5ccccc5)n4)cc3)cccc21. The van der Waals surface area contributed by atoms with Crippen molar-refractivity contribution in [3.8, 4) is 56.2 Å². The zero-order chi connectivity index (χ0) is 33.9. The van der Waals surface area contributed by atoms with E-state index in [0.29, 0.717) is 5.82 Å². The van der Waals surface area contributed by atoms with Crippen molar-refractivity contribution >= 4 is 21.9 Å². The second kappa shape index (κ2) is 11.5. The van der Waals surface area contributed by atoms with Crippen LogP contribution in [0.15, 0.2) is 180 Å². The van der Waals surface area contributed by atoms with Crippen LogP contribution in [0.25, 0.3) is 78.1 Å². The highest BCUT2D eigenvalue weighted by molar-refractivity contribution is 6.06. The zero-order valence-electron chi connectivity index (χ0n) is 28.0. The van der Waals surface area contributed by atoms with Crippen molar-refractivity contribution in [2.75, 3.05) is 0 Å². The Morgan fingerprint density at radius 3 is 1.86 bits per heavy atom. The number of furan rings is 1. The first kappa shape index (κ1) is 29.3. The van der Waals surface area contributed by atoms with Crippen molar-refractivity contribution in [1.29, 1.82) is 0 Å². The van der Waals surface area contributed by atoms with Gasteiger partial charge in [0.2, 0.25) is 0 Å². The zero-order valence-corrected chi connectivity index (χ0v) is 28.0. The first-order valence-electron chi connectivity index (χ1n) is 17.4. The molecular formula is C48H32N2O. The molecule has 2 heterocycles. The molecule has 0 amide bonds. The lowest BCUT2D eigenvalue weighted by molar-refractivity contribution is 0.669. The van der Waals surface area contributed by atoms with Crippen LogP contribution in [0.2, 0.25) is 0 Å². The van der Waals surface area contributed by atoms with Gasteiger partial charge in [-0.2, -0.15) is 0 Å². The number of nitrogens with zero attached hydrogens (tertiary/aromatic N) is 2. The molecule has 0 radical (unpaired) electrons. The van der Waals surface area contributed by atoms with Crippen molar-refractivity contribution in [3.05, 3.63) is 193 Å². The van der Waals surface area contributed by atoms with Crippen molar-refractivity contribution in [3.63, 3.8) is 0 Å². The molecule has 3 nitrogen and oxygen atoms in total. The molecule has 0 saturated carbocycles. The minimum absolute atomic E-state index is 0.236. The third-order valence-electron chi connectivity index (χ3n) is 10.6. The van der Waals surface area contributed by atoms with Crippen LogP contribution < -0.4 is 0 Å². The molecule has 10 rings (SSSR count). The van der Waals surface area contributed by atoms with Crippen molar-refractivity contribution in [1.82, 2.24) is 9.97 Å². The normalized spacial score (nSPS) is 14.8. The van der Waals surface area contributed by atoms with Crippen LogP contribution in [0.3, 0.4) is 0 Å². The van der Waals surface area contributed by atoms with Gasteiger partial charge in [-0.1, -0.05) is 146 Å². The van der Waals surface area contributed by atoms with Crippen LogP contribution in [0.5, 0.6) is 0 Å². The largest absolute Gasteiger partial charge is 0.456 e. The van der Waals surface area contributed by atoms with E-state index in [1.807, 2.05) is 42.5 Å². The fourth-order valence-electron chi connectivity index (χ4n) is 8.03. The summed E-state index contributed by atoms with van der Waals surface area (Å²) in [6.45, 7) is 2.36. The Morgan fingerprint density at radius 1 is 0.431 bits per heavy atom. The van der Waals surface area contributed by atoms with Gasteiger partial charge in [0.1, 0.15) is 11.2 Å². The highest BCUT2D eigenvalue weighted by Crippen LogP contribution is 2.55. The fourth-order valence-corrected chi connectivity index (χ4v) is 8.03. The van der Waals surface area contributed by atoms with Crippen LogP contribution >= 0.6 is 0 Å². The minimum atomic E-state index is -0.236. The maximum atomic E-state index is 6.13. The molecule has 1 atom stereocenters. The van der Waals surface area contributed by atoms with Gasteiger partial charge < -0.3 is 4.42 Å². The summed E-state index contributed by atoms with van der Waals surface area (Å²) in [5.41, 5.74) is 15.3. The van der Waals surface area contributed by atoms with Crippen LogP contribution in [0.4, 0.5) is 0 Å². The maximum absolute atomic E-state index is 6.13. The lowest BCUT2D eigenvalue weighted by Gasteiger charge is -2.28. The topological polar surface area (TPSA) is 38.9 Å². The summed E-state index contributed by atoms with van der Waals surface area (Å²) in [6.07, 6.45) is 0. The number of aromatic nitrogens is 2. The molecule has 9 aromatic rings. The molecule has 3 heteroatoms. The van der Waals surface area contributed by atoms with Gasteiger partial charge in [-0.05, 0) is 76.2 Å². The monoisotopic (exact) mass is 652 g/mol. The van der Waals surface area contributed by atoms with E-state index < -0.39 is 0 Å². The van der Waals surface area contributed by atoms with Crippen molar-refractivity contribution < 1.29 is 4.42 Å². The quantitative estimate of drug-likeness (QED) is 0.186. The Labute approximate surface area is 296 Å². The average Bonchev–Trinajstić information content (AvgIpc) is 3.71. The Kier molecular flexibility index (Phi) is 6.62. The third kappa shape index (κ3) is 4.66. The molecule has 7 aromatic carbocycles. The van der Waals surface area contributed by atoms with Crippen LogP contribution in [-0.4, -0.2) is 9.97 Å². The van der Waals surface area contributed by atoms with Gasteiger partial charge in [0, 0.05) is 32.9 Å². The average molecular weight is 653 g/mol. The lowest BCUT2D eigenvalue weighted by atomic mass is 9.74. The Morgan fingerprint density at radius 2 is 1.04 bits per heavy atom. The predicted octanol–water partition coefficient (Wildman–Crippen LogP) is 12.4. The van der Waals surface area contributed by atoms with E-state index in [1.54, 1.807) is 0 Å². The van der Waals surface area contributed by atoms with Crippen LogP contribution in [-0.2, 0) is 5.41 Å². The van der Waals surface area contributed by atoms with Gasteiger partial charge in [0.25, 0.3) is 0 Å². The second-order valence-corrected chi connectivity index (χ2v) is 13.5.